The monoisotopic (exact) mass is 256 g/mol. The summed E-state index contributed by atoms with van der Waals surface area (Å²) in [6, 6.07) is 0. The van der Waals surface area contributed by atoms with Gasteiger partial charge in [-0.3, -0.25) is 4.79 Å². The van der Waals surface area contributed by atoms with Gasteiger partial charge in [-0.15, -0.1) is 0 Å². The third-order valence-corrected chi connectivity index (χ3v) is 3.39. The summed E-state index contributed by atoms with van der Waals surface area (Å²) in [4.78, 5) is 13.9. The molecule has 0 atom stereocenters. The minimum Gasteiger partial charge on any atom is -0.381 e. The van der Waals surface area contributed by atoms with E-state index in [1.165, 1.54) is 30.6 Å². The normalized spacial score (nSPS) is 16.4. The lowest BCUT2D eigenvalue weighted by Gasteiger charge is -2.15. The highest BCUT2D eigenvalue weighted by Gasteiger charge is 2.11. The molecule has 1 N–H and O–H groups in total. The van der Waals surface area contributed by atoms with Gasteiger partial charge in [0.15, 0.2) is 0 Å². The molecule has 0 unspecified atom stereocenters. The van der Waals surface area contributed by atoms with Crippen LogP contribution in [0.4, 0.5) is 5.69 Å². The van der Waals surface area contributed by atoms with E-state index in [4.69, 9.17) is 11.6 Å². The minimum atomic E-state index is -0.266. The van der Waals surface area contributed by atoms with Gasteiger partial charge in [0.2, 0.25) is 0 Å². The van der Waals surface area contributed by atoms with E-state index >= 15 is 0 Å². The number of halogens is 1. The van der Waals surface area contributed by atoms with Crippen LogP contribution in [0.25, 0.3) is 0 Å². The van der Waals surface area contributed by atoms with Gasteiger partial charge in [0, 0.05) is 20.1 Å². The average molecular weight is 257 g/mol. The van der Waals surface area contributed by atoms with E-state index in [0.29, 0.717) is 5.69 Å². The van der Waals surface area contributed by atoms with Crippen LogP contribution in [0.15, 0.2) is 11.0 Å². The Kier molecular flexibility index (Phi) is 4.02. The number of likely N-dealkylation sites (tertiary alicyclic amines) is 1. The molecular formula is C11H17ClN4O. The second-order valence-electron chi connectivity index (χ2n) is 4.28. The summed E-state index contributed by atoms with van der Waals surface area (Å²) in [6.45, 7) is 4.11. The van der Waals surface area contributed by atoms with Gasteiger partial charge in [0.05, 0.1) is 11.9 Å². The molecule has 6 heteroatoms. The molecule has 0 aliphatic carbocycles. The largest absolute Gasteiger partial charge is 0.381 e. The van der Waals surface area contributed by atoms with Crippen molar-refractivity contribution in [1.29, 1.82) is 0 Å². The lowest BCUT2D eigenvalue weighted by molar-refractivity contribution is 0.352. The predicted molar refractivity (Wildman–Crippen MR) is 68.7 cm³/mol. The highest BCUT2D eigenvalue weighted by atomic mass is 35.5. The average Bonchev–Trinajstić information content (AvgIpc) is 2.82. The van der Waals surface area contributed by atoms with E-state index in [1.807, 2.05) is 0 Å². The fourth-order valence-corrected chi connectivity index (χ4v) is 2.23. The highest BCUT2D eigenvalue weighted by Crippen LogP contribution is 2.14. The number of rotatable bonds is 4. The smallest absolute Gasteiger partial charge is 0.287 e. The van der Waals surface area contributed by atoms with Crippen molar-refractivity contribution in [3.8, 4) is 0 Å². The molecule has 0 saturated carbocycles. The van der Waals surface area contributed by atoms with Crippen molar-refractivity contribution in [3.63, 3.8) is 0 Å². The number of nitrogens with one attached hydrogen (secondary N) is 1. The van der Waals surface area contributed by atoms with Crippen molar-refractivity contribution in [3.05, 3.63) is 21.6 Å². The molecule has 1 fully saturated rings. The van der Waals surface area contributed by atoms with Crippen molar-refractivity contribution in [2.45, 2.75) is 12.8 Å². The first-order valence-corrected chi connectivity index (χ1v) is 6.24. The van der Waals surface area contributed by atoms with Crippen molar-refractivity contribution in [2.75, 3.05) is 31.5 Å². The maximum Gasteiger partial charge on any atom is 0.287 e. The van der Waals surface area contributed by atoms with E-state index in [1.54, 1.807) is 13.2 Å². The molecule has 0 spiro atoms. The molecule has 0 bridgehead atoms. The third kappa shape index (κ3) is 2.98. The van der Waals surface area contributed by atoms with E-state index in [-0.39, 0.29) is 10.6 Å². The van der Waals surface area contributed by atoms with Crippen LogP contribution in [0, 0.1) is 0 Å². The molecule has 1 aromatic rings. The van der Waals surface area contributed by atoms with Gasteiger partial charge in [-0.05, 0) is 25.9 Å². The van der Waals surface area contributed by atoms with E-state index in [9.17, 15) is 4.79 Å². The summed E-state index contributed by atoms with van der Waals surface area (Å²) in [5.41, 5.74) is 0.354. The van der Waals surface area contributed by atoms with Gasteiger partial charge in [0.1, 0.15) is 5.02 Å². The molecule has 1 aromatic heterocycles. The van der Waals surface area contributed by atoms with Crippen LogP contribution in [0.2, 0.25) is 5.02 Å². The van der Waals surface area contributed by atoms with Gasteiger partial charge in [-0.25, -0.2) is 4.68 Å². The van der Waals surface area contributed by atoms with Crippen molar-refractivity contribution in [2.24, 2.45) is 7.05 Å². The zero-order valence-electron chi connectivity index (χ0n) is 9.95. The fraction of sp³-hybridized carbons (Fsp3) is 0.636. The topological polar surface area (TPSA) is 50.2 Å². The molecule has 0 amide bonds. The first-order chi connectivity index (χ1) is 8.18. The zero-order valence-corrected chi connectivity index (χ0v) is 10.7. The Morgan fingerprint density at radius 1 is 1.47 bits per heavy atom. The Bertz CT molecular complexity index is 440. The number of hydrogen-bond acceptors (Lipinski definition) is 4. The standard InChI is InChI=1S/C11H17ClN4O/c1-15-11(17)10(12)9(8-14-15)13-4-7-16-5-2-3-6-16/h8,13H,2-7H2,1H3. The number of nitrogens with zero attached hydrogens (tertiary/aromatic N) is 3. The first-order valence-electron chi connectivity index (χ1n) is 5.86. The molecule has 94 valence electrons. The second kappa shape index (κ2) is 5.51. The Morgan fingerprint density at radius 2 is 2.18 bits per heavy atom. The summed E-state index contributed by atoms with van der Waals surface area (Å²) >= 11 is 5.94. The Balaban J connectivity index is 1.90. The van der Waals surface area contributed by atoms with E-state index in [2.05, 4.69) is 15.3 Å². The van der Waals surface area contributed by atoms with Gasteiger partial charge < -0.3 is 10.2 Å². The maximum atomic E-state index is 11.5. The summed E-state index contributed by atoms with van der Waals surface area (Å²) in [7, 11) is 1.59. The summed E-state index contributed by atoms with van der Waals surface area (Å²) < 4.78 is 1.23. The van der Waals surface area contributed by atoms with Crippen molar-refractivity contribution >= 4 is 17.3 Å². The quantitative estimate of drug-likeness (QED) is 0.871. The molecule has 1 aliphatic rings. The van der Waals surface area contributed by atoms with E-state index < -0.39 is 0 Å². The summed E-state index contributed by atoms with van der Waals surface area (Å²) in [5.74, 6) is 0. The van der Waals surface area contributed by atoms with Crippen LogP contribution in [-0.2, 0) is 7.05 Å². The molecule has 5 nitrogen and oxygen atoms in total. The number of aryl methyl sites for hydroxylation is 1. The SMILES string of the molecule is Cn1ncc(NCCN2CCCC2)c(Cl)c1=O. The zero-order chi connectivity index (χ0) is 12.3. The van der Waals surface area contributed by atoms with E-state index in [0.717, 1.165) is 13.1 Å². The predicted octanol–water partition coefficient (Wildman–Crippen LogP) is 0.941. The van der Waals surface area contributed by atoms with Crippen LogP contribution in [0.1, 0.15) is 12.8 Å². The molecule has 1 saturated heterocycles. The molecule has 2 rings (SSSR count). The van der Waals surface area contributed by atoms with Gasteiger partial charge in [-0.1, -0.05) is 11.6 Å². The number of anilines is 1. The number of hydrogen-bond donors (Lipinski definition) is 1. The van der Waals surface area contributed by atoms with Gasteiger partial charge >= 0.3 is 0 Å². The Labute approximate surface area is 105 Å². The van der Waals surface area contributed by atoms with Crippen LogP contribution >= 0.6 is 11.6 Å². The fourth-order valence-electron chi connectivity index (χ4n) is 1.99. The van der Waals surface area contributed by atoms with Crippen LogP contribution in [0.5, 0.6) is 0 Å². The molecule has 0 aromatic carbocycles. The van der Waals surface area contributed by atoms with Crippen molar-refractivity contribution in [1.82, 2.24) is 14.7 Å². The molecule has 0 radical (unpaired) electrons. The lowest BCUT2D eigenvalue weighted by Crippen LogP contribution is -2.27. The number of aromatic nitrogens is 2. The summed E-state index contributed by atoms with van der Waals surface area (Å²) in [5, 5.41) is 7.30. The molecule has 2 heterocycles. The van der Waals surface area contributed by atoms with Crippen LogP contribution in [-0.4, -0.2) is 40.9 Å². The maximum absolute atomic E-state index is 11.5. The molecule has 1 aliphatic heterocycles. The Morgan fingerprint density at radius 3 is 2.88 bits per heavy atom. The third-order valence-electron chi connectivity index (χ3n) is 3.02. The van der Waals surface area contributed by atoms with Crippen LogP contribution in [0.3, 0.4) is 0 Å². The molecular weight excluding hydrogens is 240 g/mol. The summed E-state index contributed by atoms with van der Waals surface area (Å²) in [6.07, 6.45) is 4.16. The van der Waals surface area contributed by atoms with Crippen molar-refractivity contribution < 1.29 is 0 Å². The Hall–Kier alpha value is -1.07. The first kappa shape index (κ1) is 12.4. The second-order valence-corrected chi connectivity index (χ2v) is 4.65. The van der Waals surface area contributed by atoms with Gasteiger partial charge in [0.25, 0.3) is 5.56 Å². The highest BCUT2D eigenvalue weighted by molar-refractivity contribution is 6.32. The van der Waals surface area contributed by atoms with Gasteiger partial charge in [-0.2, -0.15) is 5.10 Å². The lowest BCUT2D eigenvalue weighted by atomic mass is 10.4. The van der Waals surface area contributed by atoms with Crippen LogP contribution < -0.4 is 10.9 Å². The minimum absolute atomic E-state index is 0.212. The molecule has 17 heavy (non-hydrogen) atoms.